The van der Waals surface area contributed by atoms with E-state index >= 15 is 0 Å². The van der Waals surface area contributed by atoms with Gasteiger partial charge >= 0.3 is 0 Å². The third kappa shape index (κ3) is 4.51. The van der Waals surface area contributed by atoms with Crippen LogP contribution in [0.3, 0.4) is 0 Å². The zero-order valence-corrected chi connectivity index (χ0v) is 11.3. The molecule has 0 amide bonds. The second-order valence-corrected chi connectivity index (χ2v) is 3.98. The maximum atomic E-state index is 4.97. The van der Waals surface area contributed by atoms with Gasteiger partial charge in [-0.15, -0.1) is 12.4 Å². The molecule has 0 radical (unpaired) electrons. The van der Waals surface area contributed by atoms with Gasteiger partial charge in [0, 0.05) is 38.0 Å². The molecule has 0 aliphatic heterocycles. The van der Waals surface area contributed by atoms with Gasteiger partial charge < -0.3 is 10.1 Å². The minimum absolute atomic E-state index is 0. The van der Waals surface area contributed by atoms with E-state index in [0.717, 1.165) is 25.4 Å². The molecule has 1 aromatic rings. The molecule has 1 aromatic heterocycles. The number of halogens is 1. The van der Waals surface area contributed by atoms with E-state index < -0.39 is 0 Å². The van der Waals surface area contributed by atoms with Crippen molar-refractivity contribution in [1.82, 2.24) is 15.1 Å². The van der Waals surface area contributed by atoms with E-state index in [-0.39, 0.29) is 12.4 Å². The van der Waals surface area contributed by atoms with Crippen molar-refractivity contribution >= 4 is 12.4 Å². The van der Waals surface area contributed by atoms with Crippen LogP contribution in [0.2, 0.25) is 0 Å². The summed E-state index contributed by atoms with van der Waals surface area (Å²) in [4.78, 5) is 0. The molecule has 0 atom stereocenters. The number of aromatic nitrogens is 2. The van der Waals surface area contributed by atoms with Crippen LogP contribution in [0.25, 0.3) is 0 Å². The summed E-state index contributed by atoms with van der Waals surface area (Å²) < 4.78 is 6.97. The Bertz CT molecular complexity index is 299. The lowest BCUT2D eigenvalue weighted by atomic mass is 10.2. The molecule has 0 saturated carbocycles. The first kappa shape index (κ1) is 15.4. The Morgan fingerprint density at radius 3 is 2.69 bits per heavy atom. The molecule has 0 aliphatic carbocycles. The molecule has 1 heterocycles. The summed E-state index contributed by atoms with van der Waals surface area (Å²) in [6, 6.07) is 0.427. The highest BCUT2D eigenvalue weighted by molar-refractivity contribution is 5.85. The van der Waals surface area contributed by atoms with E-state index in [1.807, 2.05) is 11.6 Å². The standard InChI is InChI=1S/C11H21N3O.ClH/c1-9(2)14-8-11(10(3)13-14)7-12-5-6-15-4;/h8-9,12H,5-7H2,1-4H3;1H. The van der Waals surface area contributed by atoms with E-state index in [1.54, 1.807) is 7.11 Å². The van der Waals surface area contributed by atoms with Gasteiger partial charge in [-0.3, -0.25) is 4.68 Å². The predicted octanol–water partition coefficient (Wildman–Crippen LogP) is 1.93. The third-order valence-corrected chi connectivity index (χ3v) is 2.35. The monoisotopic (exact) mass is 247 g/mol. The van der Waals surface area contributed by atoms with Crippen LogP contribution in [-0.4, -0.2) is 30.0 Å². The van der Waals surface area contributed by atoms with Gasteiger partial charge in [-0.2, -0.15) is 5.10 Å². The molecule has 0 saturated heterocycles. The summed E-state index contributed by atoms with van der Waals surface area (Å²) in [5, 5.41) is 7.77. The molecule has 16 heavy (non-hydrogen) atoms. The molecule has 0 aliphatic rings. The van der Waals surface area contributed by atoms with E-state index in [4.69, 9.17) is 4.74 Å². The Balaban J connectivity index is 0.00000225. The number of ether oxygens (including phenoxy) is 1. The minimum atomic E-state index is 0. The van der Waals surface area contributed by atoms with Crippen molar-refractivity contribution in [3.8, 4) is 0 Å². The Morgan fingerprint density at radius 2 is 2.19 bits per heavy atom. The smallest absolute Gasteiger partial charge is 0.0638 e. The quantitative estimate of drug-likeness (QED) is 0.781. The molecule has 5 heteroatoms. The Morgan fingerprint density at radius 1 is 1.50 bits per heavy atom. The fourth-order valence-electron chi connectivity index (χ4n) is 1.35. The van der Waals surface area contributed by atoms with Gasteiger partial charge in [0.25, 0.3) is 0 Å². The molecular weight excluding hydrogens is 226 g/mol. The number of hydrogen-bond acceptors (Lipinski definition) is 3. The maximum absolute atomic E-state index is 4.97. The number of methoxy groups -OCH3 is 1. The highest BCUT2D eigenvalue weighted by Gasteiger charge is 2.05. The molecule has 0 unspecified atom stereocenters. The van der Waals surface area contributed by atoms with Crippen molar-refractivity contribution in [3.05, 3.63) is 17.5 Å². The van der Waals surface area contributed by atoms with Crippen LogP contribution in [0.5, 0.6) is 0 Å². The summed E-state index contributed by atoms with van der Waals surface area (Å²) >= 11 is 0. The molecular formula is C11H22ClN3O. The topological polar surface area (TPSA) is 39.1 Å². The Kier molecular flexibility index (Phi) is 7.38. The third-order valence-electron chi connectivity index (χ3n) is 2.35. The molecule has 94 valence electrons. The average molecular weight is 248 g/mol. The van der Waals surface area contributed by atoms with E-state index in [0.29, 0.717) is 6.04 Å². The largest absolute Gasteiger partial charge is 0.383 e. The molecule has 4 nitrogen and oxygen atoms in total. The van der Waals surface area contributed by atoms with Crippen LogP contribution in [0, 0.1) is 6.92 Å². The van der Waals surface area contributed by atoms with E-state index in [1.165, 1.54) is 5.56 Å². The maximum Gasteiger partial charge on any atom is 0.0638 e. The van der Waals surface area contributed by atoms with Crippen LogP contribution in [0.1, 0.15) is 31.1 Å². The van der Waals surface area contributed by atoms with Crippen molar-refractivity contribution < 1.29 is 4.74 Å². The zero-order chi connectivity index (χ0) is 11.3. The highest BCUT2D eigenvalue weighted by atomic mass is 35.5. The number of nitrogens with one attached hydrogen (secondary N) is 1. The second-order valence-electron chi connectivity index (χ2n) is 3.98. The molecule has 0 aromatic carbocycles. The fraction of sp³-hybridized carbons (Fsp3) is 0.727. The summed E-state index contributed by atoms with van der Waals surface area (Å²) in [7, 11) is 1.71. The summed E-state index contributed by atoms with van der Waals surface area (Å²) in [6.45, 7) is 8.80. The minimum Gasteiger partial charge on any atom is -0.383 e. The molecule has 0 bridgehead atoms. The summed E-state index contributed by atoms with van der Waals surface area (Å²) in [6.07, 6.45) is 2.11. The first-order valence-electron chi connectivity index (χ1n) is 5.39. The summed E-state index contributed by atoms with van der Waals surface area (Å²) in [5.41, 5.74) is 2.37. The van der Waals surface area contributed by atoms with Gasteiger partial charge in [0.05, 0.1) is 12.3 Å². The van der Waals surface area contributed by atoms with Gasteiger partial charge in [0.15, 0.2) is 0 Å². The molecule has 1 N–H and O–H groups in total. The second kappa shape index (κ2) is 7.65. The lowest BCUT2D eigenvalue weighted by molar-refractivity contribution is 0.199. The van der Waals surface area contributed by atoms with Crippen LogP contribution < -0.4 is 5.32 Å². The first-order valence-corrected chi connectivity index (χ1v) is 5.39. The lowest BCUT2D eigenvalue weighted by Crippen LogP contribution is -2.18. The average Bonchev–Trinajstić information content (AvgIpc) is 2.55. The normalized spacial score (nSPS) is 10.6. The molecule has 0 fully saturated rings. The highest BCUT2D eigenvalue weighted by Crippen LogP contribution is 2.09. The molecule has 0 spiro atoms. The Hall–Kier alpha value is -0.580. The number of nitrogens with zero attached hydrogens (tertiary/aromatic N) is 2. The van der Waals surface area contributed by atoms with Crippen molar-refractivity contribution in [1.29, 1.82) is 0 Å². The lowest BCUT2D eigenvalue weighted by Gasteiger charge is -2.03. The van der Waals surface area contributed by atoms with Crippen molar-refractivity contribution in [2.75, 3.05) is 20.3 Å². The fourth-order valence-corrected chi connectivity index (χ4v) is 1.35. The van der Waals surface area contributed by atoms with Gasteiger partial charge in [0.2, 0.25) is 0 Å². The van der Waals surface area contributed by atoms with Crippen molar-refractivity contribution in [2.45, 2.75) is 33.4 Å². The van der Waals surface area contributed by atoms with E-state index in [2.05, 4.69) is 30.5 Å². The zero-order valence-electron chi connectivity index (χ0n) is 10.5. The summed E-state index contributed by atoms with van der Waals surface area (Å²) in [5.74, 6) is 0. The van der Waals surface area contributed by atoms with Gasteiger partial charge in [-0.05, 0) is 20.8 Å². The Labute approximate surface area is 104 Å². The van der Waals surface area contributed by atoms with Crippen LogP contribution in [-0.2, 0) is 11.3 Å². The van der Waals surface area contributed by atoms with Crippen molar-refractivity contribution in [3.63, 3.8) is 0 Å². The SMILES string of the molecule is COCCNCc1cn(C(C)C)nc1C.Cl. The van der Waals surface area contributed by atoms with Crippen molar-refractivity contribution in [2.24, 2.45) is 0 Å². The van der Waals surface area contributed by atoms with Crippen LogP contribution >= 0.6 is 12.4 Å². The van der Waals surface area contributed by atoms with Crippen LogP contribution in [0.4, 0.5) is 0 Å². The molecule has 1 rings (SSSR count). The van der Waals surface area contributed by atoms with E-state index in [9.17, 15) is 0 Å². The van der Waals surface area contributed by atoms with Gasteiger partial charge in [0.1, 0.15) is 0 Å². The van der Waals surface area contributed by atoms with Gasteiger partial charge in [-0.25, -0.2) is 0 Å². The van der Waals surface area contributed by atoms with Crippen LogP contribution in [0.15, 0.2) is 6.20 Å². The number of rotatable bonds is 6. The number of hydrogen-bond donors (Lipinski definition) is 1. The van der Waals surface area contributed by atoms with Gasteiger partial charge in [-0.1, -0.05) is 0 Å². The predicted molar refractivity (Wildman–Crippen MR) is 68.2 cm³/mol. The number of aryl methyl sites for hydroxylation is 1. The first-order chi connectivity index (χ1) is 7.15.